The van der Waals surface area contributed by atoms with Gasteiger partial charge in [-0.05, 0) is 59.8 Å². The lowest BCUT2D eigenvalue weighted by molar-refractivity contribution is -0.114. The van der Waals surface area contributed by atoms with Gasteiger partial charge in [0.1, 0.15) is 0 Å². The normalized spacial score (nSPS) is 16.5. The number of hydrogen-bond donors (Lipinski definition) is 1. The molecule has 11 heteroatoms. The number of aliphatic imine (C=N–C) groups is 1. The monoisotopic (exact) mass is 462 g/mol. The van der Waals surface area contributed by atoms with Crippen molar-refractivity contribution in [2.24, 2.45) is 10.1 Å². The number of esters is 1. The third-order valence-electron chi connectivity index (χ3n) is 4.61. The molecule has 2 aromatic heterocycles. The van der Waals surface area contributed by atoms with Gasteiger partial charge < -0.3 is 18.3 Å². The number of amidine groups is 2. The fourth-order valence-corrected chi connectivity index (χ4v) is 3.92. The highest BCUT2D eigenvalue weighted by Gasteiger charge is 2.36. The Morgan fingerprint density at radius 3 is 2.70 bits per heavy atom. The lowest BCUT2D eigenvalue weighted by Gasteiger charge is -2.20. The molecule has 0 unspecified atom stereocenters. The van der Waals surface area contributed by atoms with Gasteiger partial charge in [-0.3, -0.25) is 10.2 Å². The number of fused-ring (bicyclic) bond motifs is 1. The zero-order valence-corrected chi connectivity index (χ0v) is 17.8. The molecule has 1 amide bonds. The standard InChI is InChI=1S/C22H14N4O6S/c1-29-17-11-12(6-7-14(17)32-21(28)16-5-3-9-31-16)10-13-18(23)26-22(24-19(13)27)33-20(25-26)15-4-2-8-30-15/h2-11,23H,1H3/b13-10-,23-18?. The van der Waals surface area contributed by atoms with Crippen LogP contribution >= 0.6 is 11.8 Å². The van der Waals surface area contributed by atoms with E-state index < -0.39 is 11.9 Å². The van der Waals surface area contributed by atoms with Crippen LogP contribution in [0, 0.1) is 5.41 Å². The number of furan rings is 2. The van der Waals surface area contributed by atoms with Crippen LogP contribution in [0.15, 0.2) is 79.5 Å². The van der Waals surface area contributed by atoms with Gasteiger partial charge in [0.15, 0.2) is 28.1 Å². The van der Waals surface area contributed by atoms with Crippen molar-refractivity contribution in [1.29, 1.82) is 5.41 Å². The number of nitrogens with zero attached hydrogens (tertiary/aromatic N) is 3. The van der Waals surface area contributed by atoms with Crippen molar-refractivity contribution in [3.8, 4) is 11.5 Å². The summed E-state index contributed by atoms with van der Waals surface area (Å²) >= 11 is 1.15. The molecule has 5 rings (SSSR count). The van der Waals surface area contributed by atoms with E-state index >= 15 is 0 Å². The van der Waals surface area contributed by atoms with Gasteiger partial charge in [0.2, 0.25) is 10.9 Å². The number of methoxy groups -OCH3 is 1. The van der Waals surface area contributed by atoms with Gasteiger partial charge in [0.05, 0.1) is 25.2 Å². The van der Waals surface area contributed by atoms with Gasteiger partial charge in [-0.25, -0.2) is 4.79 Å². The van der Waals surface area contributed by atoms with Gasteiger partial charge >= 0.3 is 5.97 Å². The number of thioether (sulfide) groups is 1. The highest BCUT2D eigenvalue weighted by molar-refractivity contribution is 8.27. The Balaban J connectivity index is 1.41. The Bertz CT molecular complexity index is 1360. The van der Waals surface area contributed by atoms with Gasteiger partial charge in [-0.2, -0.15) is 15.1 Å². The van der Waals surface area contributed by atoms with Crippen LogP contribution in [0.2, 0.25) is 0 Å². The molecule has 1 N–H and O–H groups in total. The number of amides is 1. The van der Waals surface area contributed by atoms with Gasteiger partial charge in [0, 0.05) is 0 Å². The van der Waals surface area contributed by atoms with Crippen LogP contribution in [0.1, 0.15) is 21.9 Å². The van der Waals surface area contributed by atoms with E-state index in [2.05, 4.69) is 10.1 Å². The first-order valence-electron chi connectivity index (χ1n) is 9.51. The average Bonchev–Trinajstić information content (AvgIpc) is 3.58. The zero-order valence-electron chi connectivity index (χ0n) is 17.0. The van der Waals surface area contributed by atoms with Crippen LogP contribution < -0.4 is 9.47 Å². The van der Waals surface area contributed by atoms with E-state index in [4.69, 9.17) is 23.7 Å². The summed E-state index contributed by atoms with van der Waals surface area (Å²) in [6.07, 6.45) is 4.38. The third kappa shape index (κ3) is 3.85. The number of hydrazone groups is 1. The Morgan fingerprint density at radius 1 is 1.15 bits per heavy atom. The molecule has 3 aromatic rings. The van der Waals surface area contributed by atoms with E-state index in [9.17, 15) is 9.59 Å². The van der Waals surface area contributed by atoms with Gasteiger partial charge in [-0.15, -0.1) is 0 Å². The minimum absolute atomic E-state index is 0.0474. The van der Waals surface area contributed by atoms with Crippen molar-refractivity contribution in [2.45, 2.75) is 0 Å². The lowest BCUT2D eigenvalue weighted by Crippen LogP contribution is -2.35. The molecule has 164 valence electrons. The topological polar surface area (TPSA) is 131 Å². The molecular weight excluding hydrogens is 448 g/mol. The van der Waals surface area contributed by atoms with Crippen LogP contribution in [0.4, 0.5) is 0 Å². The van der Waals surface area contributed by atoms with E-state index in [0.717, 1.165) is 11.8 Å². The van der Waals surface area contributed by atoms with Crippen molar-refractivity contribution >= 4 is 45.8 Å². The number of nitrogens with one attached hydrogen (secondary N) is 1. The van der Waals surface area contributed by atoms with Gasteiger partial charge in [-0.1, -0.05) is 6.07 Å². The molecule has 0 saturated heterocycles. The first-order valence-corrected chi connectivity index (χ1v) is 10.3. The third-order valence-corrected chi connectivity index (χ3v) is 5.53. The summed E-state index contributed by atoms with van der Waals surface area (Å²) in [6.45, 7) is 0. The zero-order chi connectivity index (χ0) is 22.9. The Morgan fingerprint density at radius 2 is 1.97 bits per heavy atom. The van der Waals surface area contributed by atoms with E-state index in [-0.39, 0.29) is 33.8 Å². The van der Waals surface area contributed by atoms with Crippen LogP contribution in [-0.4, -0.2) is 40.0 Å². The fraction of sp³-hybridized carbons (Fsp3) is 0.0455. The molecule has 4 heterocycles. The smallest absolute Gasteiger partial charge is 0.379 e. The Labute approximate surface area is 190 Å². The maximum Gasteiger partial charge on any atom is 0.379 e. The second-order valence-corrected chi connectivity index (χ2v) is 7.64. The van der Waals surface area contributed by atoms with Crippen LogP contribution in [-0.2, 0) is 4.79 Å². The maximum absolute atomic E-state index is 12.6. The summed E-state index contributed by atoms with van der Waals surface area (Å²) in [4.78, 5) is 28.8. The van der Waals surface area contributed by atoms with E-state index in [1.165, 1.54) is 42.9 Å². The molecule has 33 heavy (non-hydrogen) atoms. The second-order valence-electron chi connectivity index (χ2n) is 6.68. The van der Waals surface area contributed by atoms with E-state index in [1.54, 1.807) is 30.3 Å². The second kappa shape index (κ2) is 8.28. The molecule has 0 saturated carbocycles. The number of hydrogen-bond acceptors (Lipinski definition) is 9. The summed E-state index contributed by atoms with van der Waals surface area (Å²) in [6, 6.07) is 11.2. The Kier molecular flexibility index (Phi) is 5.15. The number of carbonyl (C=O) groups is 2. The summed E-state index contributed by atoms with van der Waals surface area (Å²) in [5.41, 5.74) is 0.588. The highest BCUT2D eigenvalue weighted by atomic mass is 32.2. The molecule has 0 radical (unpaired) electrons. The Hall–Kier alpha value is -4.38. The predicted octanol–water partition coefficient (Wildman–Crippen LogP) is 3.77. The molecule has 0 spiro atoms. The number of carbonyl (C=O) groups excluding carboxylic acids is 2. The molecule has 1 aromatic carbocycles. The maximum atomic E-state index is 12.6. The van der Waals surface area contributed by atoms with Crippen molar-refractivity contribution in [3.63, 3.8) is 0 Å². The molecule has 0 atom stereocenters. The van der Waals surface area contributed by atoms with Crippen LogP contribution in [0.5, 0.6) is 11.5 Å². The molecule has 0 aliphatic carbocycles. The summed E-state index contributed by atoms with van der Waals surface area (Å²) in [7, 11) is 1.42. The minimum atomic E-state index is -0.674. The quantitative estimate of drug-likeness (QED) is 0.344. The minimum Gasteiger partial charge on any atom is -0.493 e. The molecule has 2 aliphatic rings. The average molecular weight is 462 g/mol. The molecule has 2 aliphatic heterocycles. The van der Waals surface area contributed by atoms with Crippen molar-refractivity contribution < 1.29 is 27.9 Å². The van der Waals surface area contributed by atoms with Crippen molar-refractivity contribution in [3.05, 3.63) is 77.6 Å². The molecule has 0 bridgehead atoms. The van der Waals surface area contributed by atoms with Crippen molar-refractivity contribution in [1.82, 2.24) is 5.01 Å². The number of ether oxygens (including phenoxy) is 2. The first-order chi connectivity index (χ1) is 16.0. The first kappa shape index (κ1) is 20.5. The summed E-state index contributed by atoms with van der Waals surface area (Å²) in [5, 5.41) is 14.9. The highest BCUT2D eigenvalue weighted by Crippen LogP contribution is 2.33. The van der Waals surface area contributed by atoms with Crippen LogP contribution in [0.3, 0.4) is 0 Å². The molecular formula is C22H14N4O6S. The molecule has 0 fully saturated rings. The molecule has 10 nitrogen and oxygen atoms in total. The predicted molar refractivity (Wildman–Crippen MR) is 119 cm³/mol. The largest absolute Gasteiger partial charge is 0.493 e. The number of rotatable bonds is 5. The van der Waals surface area contributed by atoms with Crippen LogP contribution in [0.25, 0.3) is 6.08 Å². The van der Waals surface area contributed by atoms with E-state index in [1.807, 2.05) is 0 Å². The van der Waals surface area contributed by atoms with Crippen molar-refractivity contribution in [2.75, 3.05) is 7.11 Å². The lowest BCUT2D eigenvalue weighted by atomic mass is 10.1. The number of benzene rings is 1. The fourth-order valence-electron chi connectivity index (χ4n) is 3.06. The summed E-state index contributed by atoms with van der Waals surface area (Å²) < 4.78 is 21.0. The summed E-state index contributed by atoms with van der Waals surface area (Å²) in [5.74, 6) is -0.350. The van der Waals surface area contributed by atoms with Gasteiger partial charge in [0.25, 0.3) is 5.91 Å². The van der Waals surface area contributed by atoms with E-state index in [0.29, 0.717) is 16.4 Å². The SMILES string of the molecule is COc1cc(/C=C2/C(=N)N3N=C(c4ccco4)SC3=NC2=O)ccc1OC(=O)c1ccco1.